The molecule has 1 aromatic rings. The highest BCUT2D eigenvalue weighted by Crippen LogP contribution is 2.69. The molecule has 4 fully saturated rings. The molecule has 39 heavy (non-hydrogen) atoms. The zero-order chi connectivity index (χ0) is 28.0. The molecule has 0 bridgehead atoms. The van der Waals surface area contributed by atoms with Gasteiger partial charge < -0.3 is 4.74 Å². The van der Waals surface area contributed by atoms with E-state index in [1.54, 1.807) is 12.3 Å². The van der Waals surface area contributed by atoms with E-state index in [9.17, 15) is 13.2 Å². The van der Waals surface area contributed by atoms with Crippen LogP contribution < -0.4 is 9.46 Å². The van der Waals surface area contributed by atoms with Crippen LogP contribution in [0.5, 0.6) is 5.75 Å². The Morgan fingerprint density at radius 2 is 1.85 bits per heavy atom. The Balaban J connectivity index is 1.22. The van der Waals surface area contributed by atoms with E-state index < -0.39 is 15.9 Å². The van der Waals surface area contributed by atoms with Crippen LogP contribution in [0.3, 0.4) is 0 Å². The van der Waals surface area contributed by atoms with Crippen LogP contribution in [0.2, 0.25) is 0 Å². The molecule has 218 valence electrons. The maximum Gasteiger partial charge on any atom is 0.266 e. The van der Waals surface area contributed by atoms with E-state index in [2.05, 4.69) is 32.7 Å². The van der Waals surface area contributed by atoms with Crippen LogP contribution in [0.4, 0.5) is 0 Å². The summed E-state index contributed by atoms with van der Waals surface area (Å²) in [5.74, 6) is 5.71. The lowest BCUT2D eigenvalue weighted by Crippen LogP contribution is -2.55. The number of amides is 1. The minimum atomic E-state index is -3.63. The molecule has 4 saturated carbocycles. The molecule has 4 aliphatic carbocycles. The van der Waals surface area contributed by atoms with E-state index in [1.165, 1.54) is 70.4 Å². The number of carbonyl (C=O) groups excluding carboxylic acids is 1. The molecule has 0 aliphatic heterocycles. The summed E-state index contributed by atoms with van der Waals surface area (Å²) in [6.07, 6.45) is 19.1. The van der Waals surface area contributed by atoms with Gasteiger partial charge in [-0.05, 0) is 110 Å². The van der Waals surface area contributed by atoms with Crippen LogP contribution >= 0.6 is 0 Å². The molecule has 0 aromatic carbocycles. The molecule has 1 heterocycles. The Labute approximate surface area is 236 Å². The number of aromatic nitrogens is 1. The van der Waals surface area contributed by atoms with Crippen molar-refractivity contribution in [3.8, 4) is 5.75 Å². The van der Waals surface area contributed by atoms with Gasteiger partial charge in [0.25, 0.3) is 5.91 Å². The summed E-state index contributed by atoms with van der Waals surface area (Å²) >= 11 is 0. The smallest absolute Gasteiger partial charge is 0.266 e. The fourth-order valence-electron chi connectivity index (χ4n) is 10.4. The first-order valence-electron chi connectivity index (χ1n) is 15.6. The van der Waals surface area contributed by atoms with Gasteiger partial charge in [0.15, 0.2) is 0 Å². The van der Waals surface area contributed by atoms with Crippen LogP contribution in [-0.2, 0) is 10.0 Å². The second-order valence-electron chi connectivity index (χ2n) is 14.1. The third-order valence-electron chi connectivity index (χ3n) is 12.1. The van der Waals surface area contributed by atoms with Gasteiger partial charge in [0.1, 0.15) is 5.75 Å². The predicted molar refractivity (Wildman–Crippen MR) is 155 cm³/mol. The standard InChI is InChI=1S/C32H50N2O4S/c1-6-22-18-25-28-11-10-26(32(28,4)15-12-29(25)31(3)14-8-7-9-27(22)31)21(2)13-16-38-24-17-23(19-33-20-24)30(35)34-39(5,36)37/h17,19-22,25-29H,6-16,18H2,1-5H3,(H,34,35)/t21-,22+,25+,26-,27+,28?,29+,31+,32-/m1/s1. The molecule has 6 nitrogen and oxygen atoms in total. The Morgan fingerprint density at radius 3 is 2.59 bits per heavy atom. The van der Waals surface area contributed by atoms with Gasteiger partial charge in [-0.3, -0.25) is 9.78 Å². The summed E-state index contributed by atoms with van der Waals surface area (Å²) in [6.45, 7) is 10.8. The van der Waals surface area contributed by atoms with Crippen molar-refractivity contribution < 1.29 is 17.9 Å². The lowest BCUT2D eigenvalue weighted by Gasteiger charge is -2.63. The first-order valence-corrected chi connectivity index (χ1v) is 17.5. The normalized spacial score (nSPS) is 38.7. The summed E-state index contributed by atoms with van der Waals surface area (Å²) in [5, 5.41) is 0. The topological polar surface area (TPSA) is 85.4 Å². The molecule has 5 rings (SSSR count). The first-order chi connectivity index (χ1) is 18.5. The lowest BCUT2D eigenvalue weighted by molar-refractivity contribution is -0.138. The molecular formula is C32H50N2O4S. The summed E-state index contributed by atoms with van der Waals surface area (Å²) in [7, 11) is -3.63. The van der Waals surface area contributed by atoms with Crippen molar-refractivity contribution in [2.24, 2.45) is 52.3 Å². The van der Waals surface area contributed by atoms with Gasteiger partial charge in [0.2, 0.25) is 10.0 Å². The number of carbonyl (C=O) groups is 1. The van der Waals surface area contributed by atoms with E-state index in [0.717, 1.165) is 48.2 Å². The predicted octanol–water partition coefficient (Wildman–Crippen LogP) is 6.86. The van der Waals surface area contributed by atoms with E-state index in [0.29, 0.717) is 29.1 Å². The van der Waals surface area contributed by atoms with E-state index in [4.69, 9.17) is 4.74 Å². The third-order valence-corrected chi connectivity index (χ3v) is 12.7. The Bertz CT molecular complexity index is 1150. The number of nitrogens with zero attached hydrogens (tertiary/aromatic N) is 1. The lowest BCUT2D eigenvalue weighted by atomic mass is 9.42. The van der Waals surface area contributed by atoms with Gasteiger partial charge in [-0.2, -0.15) is 0 Å². The Morgan fingerprint density at radius 1 is 1.08 bits per heavy atom. The number of nitrogens with one attached hydrogen (secondary N) is 1. The summed E-state index contributed by atoms with van der Waals surface area (Å²) in [5.41, 5.74) is 1.18. The molecule has 7 heteroatoms. The molecule has 1 aromatic heterocycles. The first kappa shape index (κ1) is 28.9. The van der Waals surface area contributed by atoms with Crippen molar-refractivity contribution in [3.05, 3.63) is 24.0 Å². The molecule has 4 aliphatic rings. The van der Waals surface area contributed by atoms with Crippen molar-refractivity contribution in [1.29, 1.82) is 0 Å². The van der Waals surface area contributed by atoms with Gasteiger partial charge in [-0.25, -0.2) is 13.1 Å². The molecule has 0 spiro atoms. The van der Waals surface area contributed by atoms with Crippen LogP contribution in [0.1, 0.15) is 109 Å². The van der Waals surface area contributed by atoms with Crippen LogP contribution in [-0.4, -0.2) is 32.2 Å². The van der Waals surface area contributed by atoms with E-state index in [-0.39, 0.29) is 5.56 Å². The van der Waals surface area contributed by atoms with Crippen LogP contribution in [0.25, 0.3) is 0 Å². The molecule has 1 N–H and O–H groups in total. The number of hydrogen-bond donors (Lipinski definition) is 1. The van der Waals surface area contributed by atoms with Crippen LogP contribution in [0.15, 0.2) is 18.5 Å². The minimum absolute atomic E-state index is 0.181. The summed E-state index contributed by atoms with van der Waals surface area (Å²) in [6, 6.07) is 1.57. The Kier molecular flexibility index (Phi) is 8.13. The quantitative estimate of drug-likeness (QED) is 0.377. The minimum Gasteiger partial charge on any atom is -0.492 e. The second kappa shape index (κ2) is 11.0. The number of hydrogen-bond acceptors (Lipinski definition) is 5. The molecule has 1 amide bonds. The molecule has 0 saturated heterocycles. The maximum absolute atomic E-state index is 12.2. The highest BCUT2D eigenvalue weighted by atomic mass is 32.2. The monoisotopic (exact) mass is 558 g/mol. The van der Waals surface area contributed by atoms with E-state index >= 15 is 0 Å². The van der Waals surface area contributed by atoms with Crippen molar-refractivity contribution in [3.63, 3.8) is 0 Å². The maximum atomic E-state index is 12.2. The van der Waals surface area contributed by atoms with Gasteiger partial charge in [0, 0.05) is 6.20 Å². The Hall–Kier alpha value is -1.63. The van der Waals surface area contributed by atoms with Crippen molar-refractivity contribution in [2.45, 2.75) is 98.3 Å². The molecule has 1 unspecified atom stereocenters. The number of fused-ring (bicyclic) bond motifs is 5. The molecular weight excluding hydrogens is 508 g/mol. The number of ether oxygens (including phenoxy) is 1. The molecule has 9 atom stereocenters. The highest BCUT2D eigenvalue weighted by Gasteiger charge is 2.61. The van der Waals surface area contributed by atoms with Crippen LogP contribution in [0, 0.1) is 52.3 Å². The van der Waals surface area contributed by atoms with Gasteiger partial charge in [-0.15, -0.1) is 0 Å². The summed E-state index contributed by atoms with van der Waals surface area (Å²) in [4.78, 5) is 16.3. The average Bonchev–Trinajstić information content (AvgIpc) is 3.24. The number of sulfonamides is 1. The number of rotatable bonds is 8. The van der Waals surface area contributed by atoms with Crippen molar-refractivity contribution >= 4 is 15.9 Å². The van der Waals surface area contributed by atoms with Gasteiger partial charge >= 0.3 is 0 Å². The average molecular weight is 559 g/mol. The highest BCUT2D eigenvalue weighted by molar-refractivity contribution is 7.89. The zero-order valence-electron chi connectivity index (χ0n) is 24.7. The third kappa shape index (κ3) is 5.50. The fraction of sp³-hybridized carbons (Fsp3) is 0.812. The molecule has 0 radical (unpaired) electrons. The van der Waals surface area contributed by atoms with Crippen molar-refractivity contribution in [1.82, 2.24) is 9.71 Å². The van der Waals surface area contributed by atoms with Gasteiger partial charge in [0.05, 0.1) is 24.6 Å². The second-order valence-corrected chi connectivity index (χ2v) is 15.8. The SMILES string of the molecule is CC[C@H]1C[C@H]2C3CC[C@H]([C@H](C)CCOc4cncc(C(=O)NS(C)(=O)=O)c4)[C@@]3(C)CC[C@@H]2[C@@]2(C)CCCC[C@@H]12. The fourth-order valence-corrected chi connectivity index (χ4v) is 10.9. The van der Waals surface area contributed by atoms with Gasteiger partial charge in [-0.1, -0.05) is 47.0 Å². The van der Waals surface area contributed by atoms with Crippen molar-refractivity contribution in [2.75, 3.05) is 12.9 Å². The largest absolute Gasteiger partial charge is 0.492 e. The zero-order valence-corrected chi connectivity index (χ0v) is 25.6. The van der Waals surface area contributed by atoms with E-state index in [1.807, 2.05) is 4.72 Å². The number of pyridine rings is 1. The summed E-state index contributed by atoms with van der Waals surface area (Å²) < 4.78 is 30.8.